The molecule has 7 nitrogen and oxygen atoms in total. The molecular formula is C22H21F2N3O4S. The van der Waals surface area contributed by atoms with Crippen LogP contribution in [0.15, 0.2) is 52.8 Å². The van der Waals surface area contributed by atoms with E-state index in [2.05, 4.69) is 10.1 Å². The Morgan fingerprint density at radius 1 is 1.25 bits per heavy atom. The number of aromatic nitrogens is 1. The number of thiazole rings is 1. The van der Waals surface area contributed by atoms with Crippen molar-refractivity contribution in [3.63, 3.8) is 0 Å². The topological polar surface area (TPSA) is 74.1 Å². The van der Waals surface area contributed by atoms with Crippen molar-refractivity contribution in [2.24, 2.45) is 4.99 Å². The number of nitrogens with one attached hydrogen (secondary N) is 1. The Labute approximate surface area is 186 Å². The van der Waals surface area contributed by atoms with Crippen LogP contribution in [0, 0.1) is 0 Å². The SMILES string of the molecule is COC[C@@H](C)n1c(-c2ccc3c(c2)NC(=O)CO3)csc1=Nc1ccc(OC(F)F)cc1. The lowest BCUT2D eigenvalue weighted by atomic mass is 10.1. The fourth-order valence-electron chi connectivity index (χ4n) is 3.41. The van der Waals surface area contributed by atoms with Crippen molar-refractivity contribution in [2.75, 3.05) is 25.6 Å². The first-order chi connectivity index (χ1) is 15.4. The lowest BCUT2D eigenvalue weighted by Gasteiger charge is -2.20. The van der Waals surface area contributed by atoms with Crippen LogP contribution in [0.4, 0.5) is 20.2 Å². The van der Waals surface area contributed by atoms with Gasteiger partial charge in [-0.2, -0.15) is 8.78 Å². The molecule has 32 heavy (non-hydrogen) atoms. The van der Waals surface area contributed by atoms with Crippen LogP contribution in [0.1, 0.15) is 13.0 Å². The van der Waals surface area contributed by atoms with Gasteiger partial charge in [0.2, 0.25) is 0 Å². The number of fused-ring (bicyclic) bond motifs is 1. The summed E-state index contributed by atoms with van der Waals surface area (Å²) >= 11 is 1.44. The van der Waals surface area contributed by atoms with E-state index in [1.165, 1.54) is 23.5 Å². The Bertz CT molecular complexity index is 1170. The zero-order valence-electron chi connectivity index (χ0n) is 17.4. The predicted octanol–water partition coefficient (Wildman–Crippen LogP) is 4.59. The number of anilines is 1. The fraction of sp³-hybridized carbons (Fsp3) is 0.273. The Kier molecular flexibility index (Phi) is 6.52. The maximum absolute atomic E-state index is 12.4. The number of ether oxygens (including phenoxy) is 3. The van der Waals surface area contributed by atoms with Crippen LogP contribution in [0.3, 0.4) is 0 Å². The van der Waals surface area contributed by atoms with Gasteiger partial charge in [0, 0.05) is 18.1 Å². The Morgan fingerprint density at radius 3 is 2.75 bits per heavy atom. The van der Waals surface area contributed by atoms with Crippen molar-refractivity contribution < 1.29 is 27.8 Å². The molecule has 2 heterocycles. The molecule has 3 aromatic rings. The molecule has 0 saturated carbocycles. The van der Waals surface area contributed by atoms with Crippen molar-refractivity contribution in [3.8, 4) is 22.8 Å². The van der Waals surface area contributed by atoms with Gasteiger partial charge in [0.25, 0.3) is 5.91 Å². The largest absolute Gasteiger partial charge is 0.482 e. The number of rotatable bonds is 7. The Hall–Kier alpha value is -3.24. The number of carbonyl (C=O) groups is 1. The first kappa shape index (κ1) is 22.0. The van der Waals surface area contributed by atoms with Gasteiger partial charge in [-0.3, -0.25) is 4.79 Å². The third-order valence-electron chi connectivity index (χ3n) is 4.79. The molecule has 0 bridgehead atoms. The van der Waals surface area contributed by atoms with E-state index in [0.29, 0.717) is 28.5 Å². The van der Waals surface area contributed by atoms with E-state index in [9.17, 15) is 13.6 Å². The smallest absolute Gasteiger partial charge is 0.387 e. The summed E-state index contributed by atoms with van der Waals surface area (Å²) in [4.78, 5) is 17.1. The highest BCUT2D eigenvalue weighted by Gasteiger charge is 2.19. The van der Waals surface area contributed by atoms with Gasteiger partial charge in [-0.15, -0.1) is 11.3 Å². The van der Waals surface area contributed by atoms with Crippen LogP contribution < -0.4 is 19.6 Å². The van der Waals surface area contributed by atoms with Crippen molar-refractivity contribution in [2.45, 2.75) is 19.6 Å². The van der Waals surface area contributed by atoms with Crippen LogP contribution in [0.2, 0.25) is 0 Å². The highest BCUT2D eigenvalue weighted by Crippen LogP contribution is 2.34. The average molecular weight is 461 g/mol. The van der Waals surface area contributed by atoms with Crippen LogP contribution >= 0.6 is 11.3 Å². The van der Waals surface area contributed by atoms with Crippen molar-refractivity contribution >= 4 is 28.6 Å². The van der Waals surface area contributed by atoms with Gasteiger partial charge in [0.05, 0.1) is 29.7 Å². The first-order valence-electron chi connectivity index (χ1n) is 9.80. The monoisotopic (exact) mass is 461 g/mol. The molecule has 0 spiro atoms. The molecular weight excluding hydrogens is 440 g/mol. The molecule has 1 aliphatic rings. The lowest BCUT2D eigenvalue weighted by molar-refractivity contribution is -0.118. The summed E-state index contributed by atoms with van der Waals surface area (Å²) in [5, 5.41) is 4.80. The van der Waals surface area contributed by atoms with E-state index < -0.39 is 6.61 Å². The third-order valence-corrected chi connectivity index (χ3v) is 5.62. The van der Waals surface area contributed by atoms with Gasteiger partial charge < -0.3 is 24.1 Å². The third kappa shape index (κ3) is 4.81. The lowest BCUT2D eigenvalue weighted by Crippen LogP contribution is -2.25. The van der Waals surface area contributed by atoms with Gasteiger partial charge in [-0.1, -0.05) is 0 Å². The molecule has 0 unspecified atom stereocenters. The zero-order chi connectivity index (χ0) is 22.7. The first-order valence-corrected chi connectivity index (χ1v) is 10.7. The van der Waals surface area contributed by atoms with Crippen molar-refractivity contribution in [1.29, 1.82) is 0 Å². The second kappa shape index (κ2) is 9.49. The summed E-state index contributed by atoms with van der Waals surface area (Å²) in [5.41, 5.74) is 3.00. The maximum Gasteiger partial charge on any atom is 0.387 e. The van der Waals surface area contributed by atoms with E-state index >= 15 is 0 Å². The van der Waals surface area contributed by atoms with Gasteiger partial charge in [-0.05, 0) is 49.4 Å². The second-order valence-corrected chi connectivity index (χ2v) is 7.95. The minimum Gasteiger partial charge on any atom is -0.482 e. The molecule has 1 amide bonds. The standard InChI is InChI=1S/C22H21F2N3O4S/c1-13(10-29-2)27-18(14-3-8-19-17(9-14)26-20(28)11-30-19)12-32-22(27)25-15-4-6-16(7-5-15)31-21(23)24/h3-9,12-13,21H,10-11H2,1-2H3,(H,26,28)/t13-/m1/s1. The molecule has 0 saturated heterocycles. The van der Waals surface area contributed by atoms with Crippen LogP contribution in [0.25, 0.3) is 11.3 Å². The normalized spacial score (nSPS) is 14.7. The maximum atomic E-state index is 12.4. The molecule has 1 aliphatic heterocycles. The van der Waals surface area contributed by atoms with Gasteiger partial charge in [0.15, 0.2) is 11.4 Å². The highest BCUT2D eigenvalue weighted by atomic mass is 32.1. The summed E-state index contributed by atoms with van der Waals surface area (Å²) in [5.74, 6) is 0.497. The molecule has 0 fully saturated rings. The van der Waals surface area contributed by atoms with Crippen LogP contribution in [-0.4, -0.2) is 37.4 Å². The van der Waals surface area contributed by atoms with Crippen LogP contribution in [0.5, 0.6) is 11.5 Å². The number of benzene rings is 2. The number of halogens is 2. The van der Waals surface area contributed by atoms with Gasteiger partial charge in [-0.25, -0.2) is 4.99 Å². The molecule has 0 radical (unpaired) electrons. The molecule has 2 aromatic carbocycles. The summed E-state index contributed by atoms with van der Waals surface area (Å²) in [6.45, 7) is -0.397. The van der Waals surface area contributed by atoms with E-state index in [4.69, 9.17) is 14.5 Å². The van der Waals surface area contributed by atoms with E-state index in [0.717, 1.165) is 11.3 Å². The number of hydrogen-bond donors (Lipinski definition) is 1. The minimum atomic E-state index is -2.87. The molecule has 10 heteroatoms. The highest BCUT2D eigenvalue weighted by molar-refractivity contribution is 7.07. The number of nitrogens with zero attached hydrogens (tertiary/aromatic N) is 2. The van der Waals surface area contributed by atoms with Gasteiger partial charge in [0.1, 0.15) is 11.5 Å². The van der Waals surface area contributed by atoms with E-state index in [-0.39, 0.29) is 24.3 Å². The summed E-state index contributed by atoms with van der Waals surface area (Å²) in [7, 11) is 1.63. The second-order valence-electron chi connectivity index (χ2n) is 7.11. The number of hydrogen-bond acceptors (Lipinski definition) is 6. The van der Waals surface area contributed by atoms with E-state index in [1.807, 2.05) is 35.1 Å². The van der Waals surface area contributed by atoms with E-state index in [1.54, 1.807) is 19.2 Å². The zero-order valence-corrected chi connectivity index (χ0v) is 18.2. The van der Waals surface area contributed by atoms with Crippen LogP contribution in [-0.2, 0) is 9.53 Å². The molecule has 1 atom stereocenters. The molecule has 1 aromatic heterocycles. The number of carbonyl (C=O) groups excluding carboxylic acids is 1. The van der Waals surface area contributed by atoms with Crippen molar-refractivity contribution in [1.82, 2.24) is 4.57 Å². The summed E-state index contributed by atoms with van der Waals surface area (Å²) in [6.07, 6.45) is 0. The molecule has 1 N–H and O–H groups in total. The summed E-state index contributed by atoms with van der Waals surface area (Å²) < 4.78 is 42.0. The quantitative estimate of drug-likeness (QED) is 0.559. The molecule has 0 aliphatic carbocycles. The van der Waals surface area contributed by atoms with Crippen molar-refractivity contribution in [3.05, 3.63) is 52.6 Å². The minimum absolute atomic E-state index is 0.000156. The predicted molar refractivity (Wildman–Crippen MR) is 117 cm³/mol. The number of amides is 1. The number of alkyl halides is 2. The fourth-order valence-corrected chi connectivity index (χ4v) is 4.43. The average Bonchev–Trinajstić information content (AvgIpc) is 3.18. The number of methoxy groups -OCH3 is 1. The molecule has 4 rings (SSSR count). The molecule has 168 valence electrons. The Morgan fingerprint density at radius 2 is 2.03 bits per heavy atom. The summed E-state index contributed by atoms with van der Waals surface area (Å²) in [6, 6.07) is 11.7. The van der Waals surface area contributed by atoms with Gasteiger partial charge >= 0.3 is 6.61 Å². The Balaban J connectivity index is 1.74.